The van der Waals surface area contributed by atoms with Crippen molar-refractivity contribution in [3.8, 4) is 11.3 Å². The highest BCUT2D eigenvalue weighted by molar-refractivity contribution is 5.72. The van der Waals surface area contributed by atoms with Gasteiger partial charge in [0.1, 0.15) is 18.0 Å². The van der Waals surface area contributed by atoms with Gasteiger partial charge in [0.05, 0.1) is 34.9 Å². The summed E-state index contributed by atoms with van der Waals surface area (Å²) in [4.78, 5) is 18.7. The van der Waals surface area contributed by atoms with Gasteiger partial charge >= 0.3 is 0 Å². The fraction of sp³-hybridized carbons (Fsp3) is 0.333. The standard InChI is InChI=1S/C15H15FN4O3/c16-10-3-4-12(14(6-10)20(21)22)13-7-15(18-9-17-13)19-11-2-1-5-23-8-11/h3-4,6-7,9,11H,1-2,5,8H2,(H,17,18,19). The first-order chi connectivity index (χ1) is 11.1. The Morgan fingerprint density at radius 3 is 2.96 bits per heavy atom. The summed E-state index contributed by atoms with van der Waals surface area (Å²) in [5, 5.41) is 14.3. The minimum Gasteiger partial charge on any atom is -0.379 e. The first-order valence-corrected chi connectivity index (χ1v) is 7.24. The van der Waals surface area contributed by atoms with Crippen molar-refractivity contribution in [1.29, 1.82) is 0 Å². The molecule has 1 aliphatic heterocycles. The molecule has 120 valence electrons. The van der Waals surface area contributed by atoms with Crippen molar-refractivity contribution in [2.75, 3.05) is 18.5 Å². The molecule has 1 fully saturated rings. The number of anilines is 1. The molecular weight excluding hydrogens is 303 g/mol. The smallest absolute Gasteiger partial charge is 0.281 e. The molecule has 1 aliphatic rings. The quantitative estimate of drug-likeness (QED) is 0.688. The average molecular weight is 318 g/mol. The molecule has 1 atom stereocenters. The lowest BCUT2D eigenvalue weighted by molar-refractivity contribution is -0.384. The first kappa shape index (κ1) is 15.3. The Bertz CT molecular complexity index is 720. The maximum absolute atomic E-state index is 13.2. The molecule has 0 aliphatic carbocycles. The van der Waals surface area contributed by atoms with E-state index in [9.17, 15) is 14.5 Å². The number of halogens is 1. The molecule has 1 aromatic carbocycles. The topological polar surface area (TPSA) is 90.2 Å². The van der Waals surface area contributed by atoms with Gasteiger partial charge < -0.3 is 10.1 Å². The Morgan fingerprint density at radius 1 is 1.35 bits per heavy atom. The molecule has 0 amide bonds. The van der Waals surface area contributed by atoms with E-state index in [-0.39, 0.29) is 17.3 Å². The van der Waals surface area contributed by atoms with Crippen molar-refractivity contribution in [2.24, 2.45) is 0 Å². The number of ether oxygens (including phenoxy) is 1. The Balaban J connectivity index is 1.89. The van der Waals surface area contributed by atoms with E-state index < -0.39 is 10.7 Å². The van der Waals surface area contributed by atoms with Gasteiger partial charge in [0.2, 0.25) is 0 Å². The van der Waals surface area contributed by atoms with E-state index in [1.165, 1.54) is 18.5 Å². The van der Waals surface area contributed by atoms with Crippen molar-refractivity contribution >= 4 is 11.5 Å². The van der Waals surface area contributed by atoms with Gasteiger partial charge in [0.15, 0.2) is 0 Å². The second kappa shape index (κ2) is 6.66. The van der Waals surface area contributed by atoms with Crippen LogP contribution in [0.25, 0.3) is 11.3 Å². The highest BCUT2D eigenvalue weighted by Crippen LogP contribution is 2.30. The SMILES string of the molecule is O=[N+]([O-])c1cc(F)ccc1-c1cc(NC2CCCOC2)ncn1. The van der Waals surface area contributed by atoms with E-state index in [0.717, 1.165) is 25.5 Å². The number of nitrogens with zero attached hydrogens (tertiary/aromatic N) is 3. The minimum absolute atomic E-state index is 0.148. The normalized spacial score (nSPS) is 17.7. The lowest BCUT2D eigenvalue weighted by Crippen LogP contribution is -2.30. The van der Waals surface area contributed by atoms with Gasteiger partial charge in [-0.1, -0.05) is 0 Å². The van der Waals surface area contributed by atoms with Crippen molar-refractivity contribution in [2.45, 2.75) is 18.9 Å². The summed E-state index contributed by atoms with van der Waals surface area (Å²) in [6.07, 6.45) is 3.27. The third-order valence-corrected chi connectivity index (χ3v) is 3.61. The van der Waals surface area contributed by atoms with Crippen LogP contribution in [0, 0.1) is 15.9 Å². The summed E-state index contributed by atoms with van der Waals surface area (Å²) < 4.78 is 18.6. The third kappa shape index (κ3) is 3.59. The van der Waals surface area contributed by atoms with Crippen LogP contribution < -0.4 is 5.32 Å². The van der Waals surface area contributed by atoms with Crippen molar-refractivity contribution in [3.63, 3.8) is 0 Å². The van der Waals surface area contributed by atoms with Gasteiger partial charge in [0, 0.05) is 12.7 Å². The van der Waals surface area contributed by atoms with E-state index in [2.05, 4.69) is 15.3 Å². The molecule has 2 aromatic rings. The molecule has 0 bridgehead atoms. The van der Waals surface area contributed by atoms with E-state index >= 15 is 0 Å². The van der Waals surface area contributed by atoms with Crippen molar-refractivity contribution < 1.29 is 14.1 Å². The van der Waals surface area contributed by atoms with E-state index in [0.29, 0.717) is 18.1 Å². The number of nitro benzene ring substituents is 1. The molecule has 0 saturated carbocycles. The third-order valence-electron chi connectivity index (χ3n) is 3.61. The molecule has 0 radical (unpaired) electrons. The van der Waals surface area contributed by atoms with E-state index in [1.54, 1.807) is 6.07 Å². The van der Waals surface area contributed by atoms with Gasteiger partial charge in [-0.3, -0.25) is 10.1 Å². The van der Waals surface area contributed by atoms with Crippen LogP contribution in [0.1, 0.15) is 12.8 Å². The largest absolute Gasteiger partial charge is 0.379 e. The van der Waals surface area contributed by atoms with Gasteiger partial charge in [-0.15, -0.1) is 0 Å². The van der Waals surface area contributed by atoms with E-state index in [1.807, 2.05) is 0 Å². The number of nitro groups is 1. The number of nitrogens with one attached hydrogen (secondary N) is 1. The van der Waals surface area contributed by atoms with Crippen LogP contribution in [0.2, 0.25) is 0 Å². The molecule has 2 heterocycles. The van der Waals surface area contributed by atoms with Crippen LogP contribution >= 0.6 is 0 Å². The maximum atomic E-state index is 13.2. The molecule has 23 heavy (non-hydrogen) atoms. The predicted octanol–water partition coefficient (Wildman–Crippen LogP) is 2.78. The molecule has 3 rings (SSSR count). The second-order valence-electron chi connectivity index (χ2n) is 5.27. The molecule has 1 aromatic heterocycles. The fourth-order valence-electron chi connectivity index (χ4n) is 2.52. The Kier molecular flexibility index (Phi) is 4.42. The summed E-state index contributed by atoms with van der Waals surface area (Å²) in [5.41, 5.74) is 0.295. The number of hydrogen-bond donors (Lipinski definition) is 1. The van der Waals surface area contributed by atoms with E-state index in [4.69, 9.17) is 4.74 Å². The Labute approximate surface area is 131 Å². The highest BCUT2D eigenvalue weighted by atomic mass is 19.1. The predicted molar refractivity (Wildman–Crippen MR) is 81.5 cm³/mol. The lowest BCUT2D eigenvalue weighted by atomic mass is 10.1. The van der Waals surface area contributed by atoms with Gasteiger partial charge in [-0.2, -0.15) is 0 Å². The number of hydrogen-bond acceptors (Lipinski definition) is 6. The summed E-state index contributed by atoms with van der Waals surface area (Å²) in [7, 11) is 0. The number of aromatic nitrogens is 2. The fourth-order valence-corrected chi connectivity index (χ4v) is 2.52. The zero-order valence-electron chi connectivity index (χ0n) is 12.2. The zero-order chi connectivity index (χ0) is 16.2. The summed E-state index contributed by atoms with van der Waals surface area (Å²) in [6.45, 7) is 1.35. The molecule has 1 N–H and O–H groups in total. The van der Waals surface area contributed by atoms with Crippen molar-refractivity contribution in [1.82, 2.24) is 9.97 Å². The van der Waals surface area contributed by atoms with Crippen LogP contribution in [-0.4, -0.2) is 34.1 Å². The number of benzene rings is 1. The Hall–Kier alpha value is -2.61. The molecule has 1 saturated heterocycles. The zero-order valence-corrected chi connectivity index (χ0v) is 12.2. The highest BCUT2D eigenvalue weighted by Gasteiger charge is 2.19. The number of rotatable bonds is 4. The lowest BCUT2D eigenvalue weighted by Gasteiger charge is -2.23. The summed E-state index contributed by atoms with van der Waals surface area (Å²) in [6, 6.07) is 5.18. The minimum atomic E-state index is -0.660. The molecular formula is C15H15FN4O3. The molecule has 1 unspecified atom stereocenters. The summed E-state index contributed by atoms with van der Waals surface area (Å²) >= 11 is 0. The van der Waals surface area contributed by atoms with Crippen molar-refractivity contribution in [3.05, 3.63) is 46.5 Å². The van der Waals surface area contributed by atoms with Gasteiger partial charge in [0.25, 0.3) is 5.69 Å². The summed E-state index contributed by atoms with van der Waals surface area (Å²) in [5.74, 6) is -0.101. The first-order valence-electron chi connectivity index (χ1n) is 7.24. The van der Waals surface area contributed by atoms with Crippen LogP contribution in [0.3, 0.4) is 0 Å². The molecule has 7 nitrogen and oxygen atoms in total. The van der Waals surface area contributed by atoms with Gasteiger partial charge in [-0.05, 0) is 25.0 Å². The van der Waals surface area contributed by atoms with Gasteiger partial charge in [-0.25, -0.2) is 14.4 Å². The average Bonchev–Trinajstić information content (AvgIpc) is 2.56. The van der Waals surface area contributed by atoms with Crippen LogP contribution in [0.4, 0.5) is 15.9 Å². The second-order valence-corrected chi connectivity index (χ2v) is 5.27. The molecule has 8 heteroatoms. The van der Waals surface area contributed by atoms with Crippen LogP contribution in [-0.2, 0) is 4.74 Å². The van der Waals surface area contributed by atoms with Crippen LogP contribution in [0.5, 0.6) is 0 Å². The monoisotopic (exact) mass is 318 g/mol. The van der Waals surface area contributed by atoms with Crippen LogP contribution in [0.15, 0.2) is 30.6 Å². The maximum Gasteiger partial charge on any atom is 0.281 e. The molecule has 0 spiro atoms. The Morgan fingerprint density at radius 2 is 2.22 bits per heavy atom.